The summed E-state index contributed by atoms with van der Waals surface area (Å²) < 4.78 is 28.7. The maximum atomic E-state index is 14.4. The molecule has 1 N–H and O–H groups in total. The first kappa shape index (κ1) is 18.8. The summed E-state index contributed by atoms with van der Waals surface area (Å²) in [5.74, 6) is -1.95. The van der Waals surface area contributed by atoms with E-state index >= 15 is 0 Å². The van der Waals surface area contributed by atoms with Crippen LogP contribution in [0, 0.1) is 11.6 Å². The quantitative estimate of drug-likeness (QED) is 0.694. The molecule has 0 bridgehead atoms. The predicted octanol–water partition coefficient (Wildman–Crippen LogP) is 3.63. The van der Waals surface area contributed by atoms with Crippen LogP contribution in [0.4, 0.5) is 8.78 Å². The fraction of sp³-hybridized carbons (Fsp3) is 0.238. The maximum Gasteiger partial charge on any atom is 0.273 e. The zero-order valence-electron chi connectivity index (χ0n) is 15.7. The van der Waals surface area contributed by atoms with E-state index in [2.05, 4.69) is 15.3 Å². The molecule has 1 saturated heterocycles. The molecule has 3 aromatic rings. The van der Waals surface area contributed by atoms with Gasteiger partial charge in [0.15, 0.2) is 0 Å². The summed E-state index contributed by atoms with van der Waals surface area (Å²) >= 11 is 1.22. The van der Waals surface area contributed by atoms with Gasteiger partial charge in [-0.1, -0.05) is 6.07 Å². The summed E-state index contributed by atoms with van der Waals surface area (Å²) in [6.45, 7) is 1.57. The van der Waals surface area contributed by atoms with E-state index in [1.54, 1.807) is 10.3 Å². The molecular formula is C21H16F2N4O2S. The number of aromatic nitrogens is 2. The molecule has 30 heavy (non-hydrogen) atoms. The van der Waals surface area contributed by atoms with Crippen molar-refractivity contribution < 1.29 is 18.4 Å². The number of amides is 2. The van der Waals surface area contributed by atoms with Gasteiger partial charge < -0.3 is 10.2 Å². The number of nitrogens with one attached hydrogen (secondary N) is 1. The molecule has 0 saturated carbocycles. The summed E-state index contributed by atoms with van der Waals surface area (Å²) in [6, 6.07) is 5.07. The van der Waals surface area contributed by atoms with Gasteiger partial charge in [0.05, 0.1) is 29.1 Å². The number of carbonyl (C=O) groups is 2. The second-order valence-electron chi connectivity index (χ2n) is 7.19. The molecule has 152 valence electrons. The van der Waals surface area contributed by atoms with Gasteiger partial charge in [-0.15, -0.1) is 11.3 Å². The van der Waals surface area contributed by atoms with Crippen LogP contribution in [-0.4, -0.2) is 39.8 Å². The van der Waals surface area contributed by atoms with Crippen molar-refractivity contribution in [2.24, 2.45) is 0 Å². The fourth-order valence-electron chi connectivity index (χ4n) is 3.85. The first-order valence-corrected chi connectivity index (χ1v) is 10.4. The number of fused-ring (bicyclic) bond motifs is 1. The maximum absolute atomic E-state index is 14.4. The van der Waals surface area contributed by atoms with Crippen LogP contribution in [-0.2, 0) is 6.54 Å². The number of likely N-dealkylation sites (tertiary alicyclic amines) is 1. The minimum atomic E-state index is -0.741. The summed E-state index contributed by atoms with van der Waals surface area (Å²) in [5, 5.41) is 4.78. The SMILES string of the molecule is O=C1NCc2nc(-c3c(F)cccc3F)cc(-c3nc(C(=O)N4CCCC4)cs3)c21. The lowest BCUT2D eigenvalue weighted by molar-refractivity contribution is 0.0787. The van der Waals surface area contributed by atoms with Gasteiger partial charge in [-0.3, -0.25) is 9.59 Å². The van der Waals surface area contributed by atoms with E-state index in [1.807, 2.05) is 0 Å². The van der Waals surface area contributed by atoms with E-state index in [1.165, 1.54) is 23.5 Å². The van der Waals surface area contributed by atoms with Crippen molar-refractivity contribution in [1.82, 2.24) is 20.2 Å². The highest BCUT2D eigenvalue weighted by molar-refractivity contribution is 7.13. The second kappa shape index (κ2) is 7.24. The Labute approximate surface area is 174 Å². The number of hydrogen-bond donors (Lipinski definition) is 1. The Morgan fingerprint density at radius 2 is 1.83 bits per heavy atom. The van der Waals surface area contributed by atoms with Gasteiger partial charge in [-0.25, -0.2) is 18.7 Å². The van der Waals surface area contributed by atoms with Gasteiger partial charge in [0.25, 0.3) is 11.8 Å². The normalized spacial score (nSPS) is 15.4. The van der Waals surface area contributed by atoms with Crippen molar-refractivity contribution in [1.29, 1.82) is 0 Å². The first-order chi connectivity index (χ1) is 14.5. The molecule has 6 nitrogen and oxygen atoms in total. The van der Waals surface area contributed by atoms with E-state index < -0.39 is 11.6 Å². The summed E-state index contributed by atoms with van der Waals surface area (Å²) in [5.41, 5.74) is 1.27. The van der Waals surface area contributed by atoms with E-state index in [-0.39, 0.29) is 29.6 Å². The van der Waals surface area contributed by atoms with Crippen molar-refractivity contribution in [3.63, 3.8) is 0 Å². The predicted molar refractivity (Wildman–Crippen MR) is 107 cm³/mol. The smallest absolute Gasteiger partial charge is 0.273 e. The van der Waals surface area contributed by atoms with Crippen molar-refractivity contribution in [3.8, 4) is 21.8 Å². The van der Waals surface area contributed by atoms with Crippen molar-refractivity contribution in [2.45, 2.75) is 19.4 Å². The highest BCUT2D eigenvalue weighted by atomic mass is 32.1. The van der Waals surface area contributed by atoms with Crippen LogP contribution in [0.5, 0.6) is 0 Å². The minimum Gasteiger partial charge on any atom is -0.346 e. The standard InChI is InChI=1S/C21H16F2N4O2S/c22-12-4-3-5-13(23)18(12)14-8-11(17-15(25-14)9-24-19(17)28)20-26-16(10-30-20)21(29)27-6-1-2-7-27/h3-5,8,10H,1-2,6-7,9H2,(H,24,28). The summed E-state index contributed by atoms with van der Waals surface area (Å²) in [4.78, 5) is 35.6. The third-order valence-electron chi connectivity index (χ3n) is 5.30. The van der Waals surface area contributed by atoms with Gasteiger partial charge in [-0.05, 0) is 31.0 Å². The number of benzene rings is 1. The number of pyridine rings is 1. The monoisotopic (exact) mass is 426 g/mol. The highest BCUT2D eigenvalue weighted by Crippen LogP contribution is 2.35. The van der Waals surface area contributed by atoms with E-state index in [0.717, 1.165) is 25.0 Å². The Morgan fingerprint density at radius 1 is 1.10 bits per heavy atom. The molecular weight excluding hydrogens is 410 g/mol. The summed E-state index contributed by atoms with van der Waals surface area (Å²) in [7, 11) is 0. The number of nitrogens with zero attached hydrogens (tertiary/aromatic N) is 3. The molecule has 5 rings (SSSR count). The Hall–Kier alpha value is -3.20. The molecule has 4 heterocycles. The van der Waals surface area contributed by atoms with E-state index in [9.17, 15) is 18.4 Å². The Bertz CT molecular complexity index is 1170. The molecule has 2 aliphatic heterocycles. The third-order valence-corrected chi connectivity index (χ3v) is 6.18. The Morgan fingerprint density at radius 3 is 2.57 bits per heavy atom. The molecule has 0 radical (unpaired) electrons. The van der Waals surface area contributed by atoms with Crippen LogP contribution >= 0.6 is 11.3 Å². The molecule has 1 fully saturated rings. The number of carbonyl (C=O) groups excluding carboxylic acids is 2. The number of halogens is 2. The lowest BCUT2D eigenvalue weighted by atomic mass is 10.0. The fourth-order valence-corrected chi connectivity index (χ4v) is 4.66. The molecule has 0 unspecified atom stereocenters. The van der Waals surface area contributed by atoms with Crippen LogP contribution < -0.4 is 5.32 Å². The zero-order valence-corrected chi connectivity index (χ0v) is 16.6. The third kappa shape index (κ3) is 3.06. The Kier molecular flexibility index (Phi) is 4.54. The van der Waals surface area contributed by atoms with Gasteiger partial charge in [0.2, 0.25) is 0 Å². The van der Waals surface area contributed by atoms with Gasteiger partial charge >= 0.3 is 0 Å². The van der Waals surface area contributed by atoms with E-state index in [0.29, 0.717) is 40.6 Å². The average Bonchev–Trinajstić information content (AvgIpc) is 3.49. The van der Waals surface area contributed by atoms with Gasteiger partial charge in [0, 0.05) is 24.0 Å². The number of hydrogen-bond acceptors (Lipinski definition) is 5. The second-order valence-corrected chi connectivity index (χ2v) is 8.05. The van der Waals surface area contributed by atoms with Gasteiger partial charge in [0.1, 0.15) is 22.3 Å². The van der Waals surface area contributed by atoms with Gasteiger partial charge in [-0.2, -0.15) is 0 Å². The molecule has 0 atom stereocenters. The topological polar surface area (TPSA) is 75.2 Å². The number of thiazole rings is 1. The molecule has 2 aromatic heterocycles. The molecule has 1 aromatic carbocycles. The number of rotatable bonds is 3. The van der Waals surface area contributed by atoms with Crippen molar-refractivity contribution >= 4 is 23.2 Å². The lowest BCUT2D eigenvalue weighted by Crippen LogP contribution is -2.27. The molecule has 0 spiro atoms. The van der Waals surface area contributed by atoms with Crippen LogP contribution in [0.1, 0.15) is 39.4 Å². The zero-order chi connectivity index (χ0) is 20.8. The van der Waals surface area contributed by atoms with Crippen LogP contribution in [0.3, 0.4) is 0 Å². The van der Waals surface area contributed by atoms with Crippen LogP contribution in [0.2, 0.25) is 0 Å². The van der Waals surface area contributed by atoms with E-state index in [4.69, 9.17) is 0 Å². The molecule has 0 aliphatic carbocycles. The Balaban J connectivity index is 1.63. The average molecular weight is 426 g/mol. The van der Waals surface area contributed by atoms with Crippen molar-refractivity contribution in [2.75, 3.05) is 13.1 Å². The molecule has 2 amide bonds. The largest absolute Gasteiger partial charge is 0.346 e. The van der Waals surface area contributed by atoms with Crippen LogP contribution in [0.25, 0.3) is 21.8 Å². The van der Waals surface area contributed by atoms with Crippen LogP contribution in [0.15, 0.2) is 29.6 Å². The summed E-state index contributed by atoms with van der Waals surface area (Å²) in [6.07, 6.45) is 1.94. The molecule has 2 aliphatic rings. The first-order valence-electron chi connectivity index (χ1n) is 9.54. The molecule has 9 heteroatoms. The lowest BCUT2D eigenvalue weighted by Gasteiger charge is -2.13. The highest BCUT2D eigenvalue weighted by Gasteiger charge is 2.29. The minimum absolute atomic E-state index is 0.0819. The van der Waals surface area contributed by atoms with Crippen molar-refractivity contribution in [3.05, 3.63) is 58.2 Å².